The van der Waals surface area contributed by atoms with Crippen LogP contribution in [-0.4, -0.2) is 19.8 Å². The van der Waals surface area contributed by atoms with Crippen LogP contribution in [0, 0.1) is 19.7 Å². The van der Waals surface area contributed by atoms with Gasteiger partial charge in [-0.25, -0.2) is 4.39 Å². The van der Waals surface area contributed by atoms with E-state index < -0.39 is 0 Å². The summed E-state index contributed by atoms with van der Waals surface area (Å²) in [4.78, 5) is 0. The largest absolute Gasteiger partial charge is 0.207 e. The van der Waals surface area contributed by atoms with E-state index in [2.05, 4.69) is 15.3 Å². The van der Waals surface area contributed by atoms with Gasteiger partial charge in [0.2, 0.25) is 0 Å². The molecule has 0 unspecified atom stereocenters. The van der Waals surface area contributed by atoms with Gasteiger partial charge < -0.3 is 0 Å². The minimum atomic E-state index is -0.252. The summed E-state index contributed by atoms with van der Waals surface area (Å²) in [5.41, 5.74) is 3.40. The standard InChI is InChI=1S/C13H11FN4/c1-8-7-12-16-15-9(2)18(12)17-13(8)10-3-5-11(14)6-4-10/h3-7H,1-2H3. The van der Waals surface area contributed by atoms with E-state index in [1.54, 1.807) is 16.6 Å². The van der Waals surface area contributed by atoms with Gasteiger partial charge >= 0.3 is 0 Å². The molecule has 0 aliphatic carbocycles. The third-order valence-electron chi connectivity index (χ3n) is 2.86. The van der Waals surface area contributed by atoms with Crippen molar-refractivity contribution < 1.29 is 4.39 Å². The predicted octanol–water partition coefficient (Wildman–Crippen LogP) is 2.55. The molecule has 0 saturated heterocycles. The summed E-state index contributed by atoms with van der Waals surface area (Å²) >= 11 is 0. The fourth-order valence-electron chi connectivity index (χ4n) is 1.92. The number of fused-ring (bicyclic) bond motifs is 1. The van der Waals surface area contributed by atoms with Gasteiger partial charge in [0.15, 0.2) is 11.5 Å². The third kappa shape index (κ3) is 1.64. The van der Waals surface area contributed by atoms with Crippen LogP contribution in [0.2, 0.25) is 0 Å². The van der Waals surface area contributed by atoms with Gasteiger partial charge in [-0.2, -0.15) is 9.61 Å². The highest BCUT2D eigenvalue weighted by atomic mass is 19.1. The fourth-order valence-corrected chi connectivity index (χ4v) is 1.92. The van der Waals surface area contributed by atoms with Gasteiger partial charge in [0.25, 0.3) is 0 Å². The maximum Gasteiger partial charge on any atom is 0.178 e. The number of hydrogen-bond acceptors (Lipinski definition) is 3. The summed E-state index contributed by atoms with van der Waals surface area (Å²) < 4.78 is 14.6. The van der Waals surface area contributed by atoms with Crippen LogP contribution in [0.3, 0.4) is 0 Å². The lowest BCUT2D eigenvalue weighted by Gasteiger charge is -2.05. The average molecular weight is 242 g/mol. The van der Waals surface area contributed by atoms with Crippen molar-refractivity contribution in [1.29, 1.82) is 0 Å². The number of aryl methyl sites for hydroxylation is 2. The van der Waals surface area contributed by atoms with E-state index in [9.17, 15) is 4.39 Å². The van der Waals surface area contributed by atoms with E-state index in [0.717, 1.165) is 28.3 Å². The van der Waals surface area contributed by atoms with E-state index in [-0.39, 0.29) is 5.82 Å². The maximum absolute atomic E-state index is 12.9. The Morgan fingerprint density at radius 1 is 1.06 bits per heavy atom. The molecule has 18 heavy (non-hydrogen) atoms. The molecule has 1 aromatic carbocycles. The Balaban J connectivity index is 2.24. The summed E-state index contributed by atoms with van der Waals surface area (Å²) in [5, 5.41) is 12.5. The smallest absolute Gasteiger partial charge is 0.178 e. The van der Waals surface area contributed by atoms with Crippen molar-refractivity contribution in [2.24, 2.45) is 0 Å². The first kappa shape index (κ1) is 10.8. The first-order chi connectivity index (χ1) is 8.65. The zero-order chi connectivity index (χ0) is 12.7. The van der Waals surface area contributed by atoms with Crippen LogP contribution in [0.4, 0.5) is 4.39 Å². The Morgan fingerprint density at radius 3 is 2.50 bits per heavy atom. The van der Waals surface area contributed by atoms with E-state index in [1.165, 1.54) is 12.1 Å². The molecule has 2 aromatic heterocycles. The number of halogens is 1. The normalized spacial score (nSPS) is 11.1. The molecule has 0 atom stereocenters. The van der Waals surface area contributed by atoms with Gasteiger partial charge in [-0.1, -0.05) is 0 Å². The maximum atomic E-state index is 12.9. The van der Waals surface area contributed by atoms with Crippen LogP contribution < -0.4 is 0 Å². The Morgan fingerprint density at radius 2 is 1.78 bits per heavy atom. The second-order valence-electron chi connectivity index (χ2n) is 4.20. The number of hydrogen-bond donors (Lipinski definition) is 0. The lowest BCUT2D eigenvalue weighted by Crippen LogP contribution is -1.99. The van der Waals surface area contributed by atoms with Gasteiger partial charge in [-0.15, -0.1) is 10.2 Å². The molecule has 0 aliphatic rings. The highest BCUT2D eigenvalue weighted by Crippen LogP contribution is 2.22. The molecule has 0 bridgehead atoms. The SMILES string of the molecule is Cc1cc2nnc(C)n2nc1-c1ccc(F)cc1. The first-order valence-corrected chi connectivity index (χ1v) is 5.61. The average Bonchev–Trinajstić information content (AvgIpc) is 2.71. The lowest BCUT2D eigenvalue weighted by atomic mass is 10.1. The first-order valence-electron chi connectivity index (χ1n) is 5.61. The highest BCUT2D eigenvalue weighted by Gasteiger charge is 2.09. The fraction of sp³-hybridized carbons (Fsp3) is 0.154. The van der Waals surface area contributed by atoms with E-state index >= 15 is 0 Å². The molecule has 0 fully saturated rings. The van der Waals surface area contributed by atoms with Gasteiger partial charge in [-0.3, -0.25) is 0 Å². The van der Waals surface area contributed by atoms with Crippen LogP contribution in [0.5, 0.6) is 0 Å². The lowest BCUT2D eigenvalue weighted by molar-refractivity contribution is 0.628. The molecule has 90 valence electrons. The van der Waals surface area contributed by atoms with Gasteiger partial charge in [0, 0.05) is 5.56 Å². The van der Waals surface area contributed by atoms with Crippen molar-refractivity contribution in [1.82, 2.24) is 19.8 Å². The third-order valence-corrected chi connectivity index (χ3v) is 2.86. The molecule has 3 rings (SSSR count). The van der Waals surface area contributed by atoms with Crippen LogP contribution in [0.25, 0.3) is 16.9 Å². The monoisotopic (exact) mass is 242 g/mol. The van der Waals surface area contributed by atoms with Crippen molar-refractivity contribution in [2.45, 2.75) is 13.8 Å². The quantitative estimate of drug-likeness (QED) is 0.658. The zero-order valence-electron chi connectivity index (χ0n) is 10.1. The number of benzene rings is 1. The predicted molar refractivity (Wildman–Crippen MR) is 65.7 cm³/mol. The Hall–Kier alpha value is -2.30. The molecule has 3 aromatic rings. The molecule has 2 heterocycles. The molecule has 0 radical (unpaired) electrons. The van der Waals surface area contributed by atoms with E-state index in [0.29, 0.717) is 0 Å². The van der Waals surface area contributed by atoms with Crippen LogP contribution in [0.15, 0.2) is 30.3 Å². The van der Waals surface area contributed by atoms with Crippen LogP contribution >= 0.6 is 0 Å². The number of nitrogens with zero attached hydrogens (tertiary/aromatic N) is 4. The van der Waals surface area contributed by atoms with Crippen LogP contribution in [0.1, 0.15) is 11.4 Å². The molecule has 5 heteroatoms. The summed E-state index contributed by atoms with van der Waals surface area (Å²) in [6, 6.07) is 8.22. The molecule has 4 nitrogen and oxygen atoms in total. The van der Waals surface area contributed by atoms with Crippen molar-refractivity contribution >= 4 is 5.65 Å². The van der Waals surface area contributed by atoms with Crippen molar-refractivity contribution in [3.05, 3.63) is 47.5 Å². The van der Waals surface area contributed by atoms with E-state index in [1.807, 2.05) is 19.9 Å². The van der Waals surface area contributed by atoms with E-state index in [4.69, 9.17) is 0 Å². The Bertz CT molecular complexity index is 716. The minimum absolute atomic E-state index is 0.252. The van der Waals surface area contributed by atoms with Gasteiger partial charge in [0.1, 0.15) is 5.82 Å². The molecule has 0 saturated carbocycles. The number of rotatable bonds is 1. The van der Waals surface area contributed by atoms with Crippen molar-refractivity contribution in [3.8, 4) is 11.3 Å². The van der Waals surface area contributed by atoms with Crippen molar-refractivity contribution in [3.63, 3.8) is 0 Å². The summed E-state index contributed by atoms with van der Waals surface area (Å²) in [7, 11) is 0. The molecular formula is C13H11FN4. The second kappa shape index (κ2) is 3.87. The highest BCUT2D eigenvalue weighted by molar-refractivity contribution is 5.64. The van der Waals surface area contributed by atoms with Gasteiger partial charge in [-0.05, 0) is 49.7 Å². The summed E-state index contributed by atoms with van der Waals surface area (Å²) in [6.45, 7) is 3.80. The summed E-state index contributed by atoms with van der Waals surface area (Å²) in [6.07, 6.45) is 0. The molecule has 0 aliphatic heterocycles. The molecule has 0 N–H and O–H groups in total. The second-order valence-corrected chi connectivity index (χ2v) is 4.20. The Kier molecular flexibility index (Phi) is 2.33. The van der Waals surface area contributed by atoms with Crippen molar-refractivity contribution in [2.75, 3.05) is 0 Å². The van der Waals surface area contributed by atoms with Crippen LogP contribution in [-0.2, 0) is 0 Å². The number of aromatic nitrogens is 4. The topological polar surface area (TPSA) is 43.1 Å². The molecule has 0 amide bonds. The molecular weight excluding hydrogens is 231 g/mol. The summed E-state index contributed by atoms with van der Waals surface area (Å²) in [5.74, 6) is 0.478. The van der Waals surface area contributed by atoms with Gasteiger partial charge in [0.05, 0.1) is 5.69 Å². The zero-order valence-corrected chi connectivity index (χ0v) is 10.1. The molecule has 0 spiro atoms. The minimum Gasteiger partial charge on any atom is -0.207 e. The Labute approximate surface area is 103 Å².